The number of carboxylic acids is 3. The van der Waals surface area contributed by atoms with E-state index in [1.54, 1.807) is 49.5 Å². The Morgan fingerprint density at radius 3 is 1.26 bits per heavy atom. The van der Waals surface area contributed by atoms with Crippen molar-refractivity contribution >= 4 is 141 Å². The zero-order valence-corrected chi connectivity index (χ0v) is 75.3. The molecule has 134 heavy (non-hydrogen) atoms. The van der Waals surface area contributed by atoms with Gasteiger partial charge in [0.1, 0.15) is 17.3 Å². The van der Waals surface area contributed by atoms with Gasteiger partial charge in [-0.1, -0.05) is 95.5 Å². The molecule has 4 aliphatic carbocycles. The standard InChI is InChI=1S/C27H28ClFN6O4S.C25H23ClFN5O5S.C20H22ClFN6O2.C7H11NO5.C7H5NO5/c1-3-30-27(37)18-5-4-6-22(23(18)36)33-25-21(29)13-31-24(34-25)20-14-35(26-19(20)11-16(28)12-32-26)40(38,39)17-9-7-15(2)8-10-17;1-13-5-7-15(8-6-13)38(36,37)32-12-18(17-9-14(26)10-29-24(17)32)22-28-11-19(27)23(31-22)30-20-4-2-3-16(21(20)33)25(34)35;1-2-23-20(30)11-4-3-5-15(16(11)29)27-19-14(22)9-26-18(28-19)13-8-25-17-12(13)6-10(21)7-24-17;2*9-6-4(7(10)11)2-1-3-5(6)8(12)13/h7-14,18,22-23,36H,3-6H2,1-2H3,(H,30,37)(H,31,33,34);5-12,16,20-21,33H,2-4H2,1H3,(H,34,35)(H,28,30,31);6-9,11,15-16,29H,2-5H2,1H3,(H,23,30)(H,24,25)(H,26,27,28);4-6,9H,1-3H2,(H,10,11);1-3,9H,(H,10,11). The van der Waals surface area contributed by atoms with Gasteiger partial charge in [-0.05, 0) is 128 Å². The zero-order valence-electron chi connectivity index (χ0n) is 71.4. The summed E-state index contributed by atoms with van der Waals surface area (Å²) in [7, 11) is -8.12. The highest BCUT2D eigenvalue weighted by atomic mass is 35.5. The number of carbonyl (C=O) groups excluding carboxylic acids is 2. The molecule has 0 spiro atoms. The number of carboxylic acid groups (broad SMARTS) is 3. The molecule has 4 saturated carbocycles. The normalized spacial score (nSPS) is 20.5. The molecule has 0 saturated heterocycles. The Balaban J connectivity index is 0.000000160. The van der Waals surface area contributed by atoms with Gasteiger partial charge in [0.15, 0.2) is 63.7 Å². The van der Waals surface area contributed by atoms with Crippen LogP contribution >= 0.6 is 34.8 Å². The summed E-state index contributed by atoms with van der Waals surface area (Å²) in [5.41, 5.74) is 2.65. The number of nitro benzene ring substituents is 1. The van der Waals surface area contributed by atoms with E-state index in [4.69, 9.17) is 50.1 Å². The number of H-pyrrole nitrogens is 1. The van der Waals surface area contributed by atoms with Crippen molar-refractivity contribution in [1.82, 2.24) is 68.4 Å². The molecular weight excluding hydrogens is 1860 g/mol. The van der Waals surface area contributed by atoms with Crippen molar-refractivity contribution in [3.05, 3.63) is 210 Å². The Morgan fingerprint density at radius 1 is 0.500 bits per heavy atom. The number of hydrogen-bond acceptors (Lipinski definition) is 30. The number of aryl methyl sites for hydroxylation is 2. The monoisotopic (exact) mass is 1950 g/mol. The molecule has 9 heterocycles. The number of nitro groups is 2. The van der Waals surface area contributed by atoms with E-state index in [1.165, 1.54) is 67.4 Å². The van der Waals surface area contributed by atoms with Gasteiger partial charge < -0.3 is 72.4 Å². The number of aromatic amines is 1. The number of aliphatic hydroxyl groups excluding tert-OH is 4. The first-order chi connectivity index (χ1) is 63.7. The van der Waals surface area contributed by atoms with Gasteiger partial charge >= 0.3 is 23.6 Å². The van der Waals surface area contributed by atoms with E-state index < -0.39 is 155 Å². The van der Waals surface area contributed by atoms with Crippen LogP contribution in [0.1, 0.15) is 112 Å². The third kappa shape index (κ3) is 22.6. The highest BCUT2D eigenvalue weighted by Crippen LogP contribution is 2.40. The molecule has 9 aromatic heterocycles. The molecule has 16 rings (SSSR count). The number of phenols is 1. The number of amides is 2. The lowest BCUT2D eigenvalue weighted by Gasteiger charge is -2.34. The average Bonchev–Trinajstić information content (AvgIpc) is 1.60. The Hall–Kier alpha value is -13.3. The Bertz CT molecular complexity index is 6600. The van der Waals surface area contributed by atoms with Gasteiger partial charge in [-0.15, -0.1) is 0 Å². The minimum absolute atomic E-state index is 0.0130. The van der Waals surface area contributed by atoms with Gasteiger partial charge in [0.05, 0.1) is 108 Å². The minimum Gasteiger partial charge on any atom is -0.501 e. The van der Waals surface area contributed by atoms with E-state index in [-0.39, 0.29) is 89.6 Å². The van der Waals surface area contributed by atoms with Gasteiger partial charge in [-0.25, -0.2) is 87.6 Å². The lowest BCUT2D eigenvalue weighted by molar-refractivity contribution is -0.539. The molecule has 0 radical (unpaired) electrons. The molecule has 4 fully saturated rings. The van der Waals surface area contributed by atoms with Crippen LogP contribution in [-0.2, 0) is 39.2 Å². The number of aliphatic carboxylic acids is 2. The SMILES string of the molecule is CCNC(=O)C1CCCC(Nc2nc(-c3c[nH]c4ncc(Cl)cc34)ncc2F)C1O.CCNC(=O)C1CCCC(Nc2nc(-c3cn(S(=O)(=O)c4ccc(C)cc4)c4ncc(Cl)cc34)ncc2F)C1O.Cc1ccc(S(=O)(=O)n2cc(-c3ncc(F)c(NC4CCCC(C(=O)O)C4O)n3)c3cc(Cl)cnc32)cc1.O=C(O)C1CCCC([N+](=O)[O-])C1O.O=C(O)c1cccc([N+](=O)[O-])c1O. The first kappa shape index (κ1) is 99.7. The maximum Gasteiger partial charge on any atom is 0.339 e. The zero-order chi connectivity index (χ0) is 97.1. The van der Waals surface area contributed by atoms with Crippen molar-refractivity contribution in [2.75, 3.05) is 29.0 Å². The van der Waals surface area contributed by atoms with E-state index in [0.29, 0.717) is 116 Å². The van der Waals surface area contributed by atoms with Crippen LogP contribution in [0, 0.1) is 75.2 Å². The fraction of sp³-hybridized carbons (Fsp3) is 0.349. The van der Waals surface area contributed by atoms with Crippen LogP contribution in [-0.4, -0.2) is 217 Å². The number of aliphatic hydroxyl groups is 4. The topological polar surface area (TPSA) is 604 Å². The van der Waals surface area contributed by atoms with E-state index in [1.807, 2.05) is 20.8 Å². The molecule has 708 valence electrons. The van der Waals surface area contributed by atoms with Gasteiger partial charge in [0, 0.05) is 101 Å². The van der Waals surface area contributed by atoms with Gasteiger partial charge in [-0.2, -0.15) is 0 Å². The van der Waals surface area contributed by atoms with Crippen LogP contribution in [0.4, 0.5) is 36.3 Å². The molecule has 12 aromatic rings. The smallest absolute Gasteiger partial charge is 0.339 e. The molecule has 12 unspecified atom stereocenters. The van der Waals surface area contributed by atoms with Crippen LogP contribution in [0.3, 0.4) is 0 Å². The number of benzene rings is 3. The summed E-state index contributed by atoms with van der Waals surface area (Å²) in [6.07, 6.45) is 12.8. The molecule has 12 atom stereocenters. The highest BCUT2D eigenvalue weighted by molar-refractivity contribution is 7.90. The molecule has 0 bridgehead atoms. The Kier molecular flexibility index (Phi) is 32.1. The molecule has 48 heteroatoms. The molecule has 14 N–H and O–H groups in total. The number of aromatic carboxylic acids is 1. The summed E-state index contributed by atoms with van der Waals surface area (Å²) in [6.45, 7) is 8.26. The number of nitrogens with one attached hydrogen (secondary N) is 6. The number of hydrogen-bond donors (Lipinski definition) is 14. The maximum absolute atomic E-state index is 14.9. The van der Waals surface area contributed by atoms with E-state index in [9.17, 15) is 99.7 Å². The van der Waals surface area contributed by atoms with Crippen LogP contribution in [0.15, 0.2) is 150 Å². The quantitative estimate of drug-likeness (QED) is 0.0221. The second kappa shape index (κ2) is 43.2. The number of aromatic nitrogens is 12. The Morgan fingerprint density at radius 2 is 0.873 bits per heavy atom. The number of nitrogens with zero attached hydrogens (tertiary/aromatic N) is 13. The number of rotatable bonds is 22. The molecule has 40 nitrogen and oxygen atoms in total. The predicted octanol–water partition coefficient (Wildman–Crippen LogP) is 11.5. The molecule has 2 amide bonds. The van der Waals surface area contributed by atoms with E-state index in [0.717, 1.165) is 56.2 Å². The van der Waals surface area contributed by atoms with Crippen molar-refractivity contribution in [2.45, 2.75) is 163 Å². The maximum atomic E-state index is 14.9. The van der Waals surface area contributed by atoms with Crippen molar-refractivity contribution in [3.63, 3.8) is 0 Å². The minimum atomic E-state index is -4.07. The van der Waals surface area contributed by atoms with Crippen molar-refractivity contribution < 1.29 is 105 Å². The second-order valence-corrected chi connectivity index (χ2v) is 36.6. The first-order valence-electron chi connectivity index (χ1n) is 41.8. The third-order valence-corrected chi connectivity index (χ3v) is 26.8. The van der Waals surface area contributed by atoms with Crippen LogP contribution in [0.25, 0.3) is 67.3 Å². The predicted molar refractivity (Wildman–Crippen MR) is 482 cm³/mol. The lowest BCUT2D eigenvalue weighted by atomic mass is 9.82. The summed E-state index contributed by atoms with van der Waals surface area (Å²) in [4.78, 5) is 117. The highest BCUT2D eigenvalue weighted by Gasteiger charge is 2.44. The number of pyridine rings is 3. The van der Waals surface area contributed by atoms with Crippen LogP contribution < -0.4 is 26.6 Å². The largest absolute Gasteiger partial charge is 0.501 e. The second-order valence-electron chi connectivity index (χ2n) is 31.7. The van der Waals surface area contributed by atoms with Gasteiger partial charge in [0.25, 0.3) is 20.0 Å². The summed E-state index contributed by atoms with van der Waals surface area (Å²) < 4.78 is 100. The summed E-state index contributed by atoms with van der Waals surface area (Å²) >= 11 is 18.4. The summed E-state index contributed by atoms with van der Waals surface area (Å²) in [5.74, 6) is -10.4. The number of anilines is 3. The van der Waals surface area contributed by atoms with Crippen LogP contribution in [0.2, 0.25) is 15.1 Å². The number of para-hydroxylation sites is 1. The van der Waals surface area contributed by atoms with Crippen molar-refractivity contribution in [2.24, 2.45) is 23.7 Å². The summed E-state index contributed by atoms with van der Waals surface area (Å²) in [6, 6.07) is 17.9. The number of carbonyl (C=O) groups is 5. The first-order valence-corrected chi connectivity index (χ1v) is 45.8. The van der Waals surface area contributed by atoms with Crippen LogP contribution in [0.5, 0.6) is 5.75 Å². The van der Waals surface area contributed by atoms with Crippen molar-refractivity contribution in [1.29, 1.82) is 0 Å². The molecule has 0 aliphatic heterocycles. The van der Waals surface area contributed by atoms with Gasteiger partial charge in [-0.3, -0.25) is 39.4 Å². The lowest BCUT2D eigenvalue weighted by Crippen LogP contribution is -2.48. The van der Waals surface area contributed by atoms with Gasteiger partial charge in [0.2, 0.25) is 23.6 Å². The molecule has 4 aliphatic rings. The fourth-order valence-corrected chi connectivity index (χ4v) is 19.1. The van der Waals surface area contributed by atoms with Crippen molar-refractivity contribution in [3.8, 4) is 39.9 Å². The molecular formula is C86H89Cl3F3N19O21S2. The number of halogens is 6. The molecule has 3 aromatic carbocycles. The number of aromatic hydroxyl groups is 1. The fourth-order valence-electron chi connectivity index (χ4n) is 15.9. The van der Waals surface area contributed by atoms with E-state index in [2.05, 4.69) is 76.4 Å². The summed E-state index contributed by atoms with van der Waals surface area (Å²) in [5, 5.41) is 114. The van der Waals surface area contributed by atoms with E-state index >= 15 is 0 Å². The number of fused-ring (bicyclic) bond motifs is 3. The third-order valence-electron chi connectivity index (χ3n) is 22.8. The Labute approximate surface area is 775 Å². The average molecular weight is 1950 g/mol.